The van der Waals surface area contributed by atoms with E-state index in [0.717, 1.165) is 0 Å². The summed E-state index contributed by atoms with van der Waals surface area (Å²) in [6, 6.07) is 17.2. The van der Waals surface area contributed by atoms with Crippen molar-refractivity contribution >= 4 is 15.8 Å². The molecule has 0 radical (unpaired) electrons. The average Bonchev–Trinajstić information content (AvgIpc) is 3.01. The van der Waals surface area contributed by atoms with Gasteiger partial charge in [-0.3, -0.25) is 4.72 Å². The van der Waals surface area contributed by atoms with Gasteiger partial charge in [0.15, 0.2) is 11.5 Å². The molecule has 144 valence electrons. The summed E-state index contributed by atoms with van der Waals surface area (Å²) in [6.45, 7) is 1.36. The lowest BCUT2D eigenvalue weighted by molar-refractivity contribution is -0.142. The Hall–Kier alpha value is -3.25. The van der Waals surface area contributed by atoms with E-state index in [4.69, 9.17) is 0 Å². The summed E-state index contributed by atoms with van der Waals surface area (Å²) in [7, 11) is -4.15. The van der Waals surface area contributed by atoms with Gasteiger partial charge in [0.25, 0.3) is 10.0 Å². The minimum atomic E-state index is -4.81. The lowest BCUT2D eigenvalue weighted by atomic mass is 10.1. The van der Waals surface area contributed by atoms with E-state index in [1.165, 1.54) is 43.3 Å². The van der Waals surface area contributed by atoms with Crippen LogP contribution in [0.4, 0.5) is 19.0 Å². The van der Waals surface area contributed by atoms with Crippen LogP contribution in [-0.2, 0) is 16.2 Å². The van der Waals surface area contributed by atoms with E-state index >= 15 is 0 Å². The van der Waals surface area contributed by atoms with Gasteiger partial charge in [-0.1, -0.05) is 54.5 Å². The van der Waals surface area contributed by atoms with E-state index in [1.807, 2.05) is 0 Å². The molecule has 0 aliphatic carbocycles. The summed E-state index contributed by atoms with van der Waals surface area (Å²) >= 11 is 0. The van der Waals surface area contributed by atoms with Crippen molar-refractivity contribution in [1.29, 1.82) is 0 Å². The van der Waals surface area contributed by atoms with Crippen LogP contribution in [0.2, 0.25) is 0 Å². The Morgan fingerprint density at radius 3 is 2.11 bits per heavy atom. The lowest BCUT2D eigenvalue weighted by Gasteiger charge is -2.11. The quantitative estimate of drug-likeness (QED) is 0.662. The summed E-state index contributed by atoms with van der Waals surface area (Å²) in [5, 5.41) is 3.79. The second-order valence-electron chi connectivity index (χ2n) is 5.63. The average molecular weight is 405 g/mol. The predicted octanol–water partition coefficient (Wildman–Crippen LogP) is 4.20. The van der Waals surface area contributed by atoms with Crippen molar-refractivity contribution in [3.8, 4) is 23.1 Å². The molecule has 0 fully saturated rings. The first-order chi connectivity index (χ1) is 13.2. The molecular weight excluding hydrogens is 391 g/mol. The molecule has 1 heterocycles. The Bertz CT molecular complexity index is 1140. The van der Waals surface area contributed by atoms with Gasteiger partial charge in [0.2, 0.25) is 0 Å². The first kappa shape index (κ1) is 19.5. The third kappa shape index (κ3) is 3.87. The van der Waals surface area contributed by atoms with Crippen LogP contribution in [0, 0.1) is 12.0 Å². The van der Waals surface area contributed by atoms with Gasteiger partial charge >= 0.3 is 6.18 Å². The molecule has 0 amide bonds. The van der Waals surface area contributed by atoms with Crippen LogP contribution in [-0.4, -0.2) is 18.2 Å². The topological polar surface area (TPSA) is 64.0 Å². The van der Waals surface area contributed by atoms with Gasteiger partial charge in [0.05, 0.1) is 10.5 Å². The molecule has 1 aromatic heterocycles. The highest BCUT2D eigenvalue weighted by atomic mass is 32.2. The number of rotatable bonds is 4. The summed E-state index contributed by atoms with van der Waals surface area (Å²) in [4.78, 5) is -0.0984. The smallest absolute Gasteiger partial charge is 0.261 e. The van der Waals surface area contributed by atoms with Crippen molar-refractivity contribution in [3.05, 3.63) is 66.4 Å². The molecule has 9 heteroatoms. The number of anilines is 1. The Morgan fingerprint density at radius 1 is 1.00 bits per heavy atom. The van der Waals surface area contributed by atoms with E-state index in [1.54, 1.807) is 24.3 Å². The Labute approximate surface area is 159 Å². The highest BCUT2D eigenvalue weighted by Gasteiger charge is 2.41. The molecule has 28 heavy (non-hydrogen) atoms. The molecule has 3 aromatic rings. The van der Waals surface area contributed by atoms with Gasteiger partial charge < -0.3 is 0 Å². The second-order valence-corrected chi connectivity index (χ2v) is 7.31. The summed E-state index contributed by atoms with van der Waals surface area (Å²) in [5.41, 5.74) is -1.39. The molecule has 0 saturated heterocycles. The maximum absolute atomic E-state index is 13.8. The maximum Gasteiger partial charge on any atom is 0.434 e. The third-order valence-corrected chi connectivity index (χ3v) is 5.07. The third-order valence-electron chi connectivity index (χ3n) is 3.72. The van der Waals surface area contributed by atoms with Crippen molar-refractivity contribution < 1.29 is 21.6 Å². The molecule has 0 aliphatic rings. The fraction of sp³-hybridized carbons (Fsp3) is 0.105. The van der Waals surface area contributed by atoms with Gasteiger partial charge in [-0.15, -0.1) is 5.10 Å². The Morgan fingerprint density at radius 2 is 1.57 bits per heavy atom. The SMILES string of the molecule is CC#Cn1nc(NS(=O)(=O)c2ccccc2)c(-c2ccccc2)c1C(F)(F)F. The van der Waals surface area contributed by atoms with Gasteiger partial charge in [0, 0.05) is 6.04 Å². The fourth-order valence-corrected chi connectivity index (χ4v) is 3.63. The molecule has 0 aliphatic heterocycles. The number of nitrogens with one attached hydrogen (secondary N) is 1. The number of alkyl halides is 3. The van der Waals surface area contributed by atoms with Crippen LogP contribution in [0.1, 0.15) is 12.6 Å². The van der Waals surface area contributed by atoms with Crippen molar-refractivity contribution in [3.63, 3.8) is 0 Å². The number of halogens is 3. The van der Waals surface area contributed by atoms with E-state index in [-0.39, 0.29) is 10.5 Å². The van der Waals surface area contributed by atoms with Crippen molar-refractivity contribution in [2.24, 2.45) is 0 Å². The zero-order valence-electron chi connectivity index (χ0n) is 14.5. The van der Waals surface area contributed by atoms with Crippen LogP contribution >= 0.6 is 0 Å². The first-order valence-corrected chi connectivity index (χ1v) is 9.48. The number of benzene rings is 2. The Kier molecular flexibility index (Phi) is 5.16. The van der Waals surface area contributed by atoms with Crippen molar-refractivity contribution in [1.82, 2.24) is 9.78 Å². The second kappa shape index (κ2) is 7.40. The number of nitrogens with zero attached hydrogens (tertiary/aromatic N) is 2. The molecule has 0 saturated carbocycles. The van der Waals surface area contributed by atoms with Crippen LogP contribution in [0.3, 0.4) is 0 Å². The van der Waals surface area contributed by atoms with E-state index < -0.39 is 33.3 Å². The highest BCUT2D eigenvalue weighted by Crippen LogP contribution is 2.41. The Balaban J connectivity index is 2.25. The van der Waals surface area contributed by atoms with Gasteiger partial charge in [-0.25, -0.2) is 8.42 Å². The minimum Gasteiger partial charge on any atom is -0.261 e. The number of hydrogen-bond acceptors (Lipinski definition) is 3. The van der Waals surface area contributed by atoms with E-state index in [9.17, 15) is 21.6 Å². The van der Waals surface area contributed by atoms with Gasteiger partial charge in [0.1, 0.15) is 0 Å². The zero-order chi connectivity index (χ0) is 20.4. The van der Waals surface area contributed by atoms with Crippen LogP contribution < -0.4 is 4.72 Å². The van der Waals surface area contributed by atoms with Crippen LogP contribution in [0.5, 0.6) is 0 Å². The van der Waals surface area contributed by atoms with Crippen LogP contribution in [0.25, 0.3) is 11.1 Å². The lowest BCUT2D eigenvalue weighted by Crippen LogP contribution is -2.14. The number of aromatic nitrogens is 2. The maximum atomic E-state index is 13.8. The molecule has 0 bridgehead atoms. The normalized spacial score (nSPS) is 11.6. The van der Waals surface area contributed by atoms with Crippen molar-refractivity contribution in [2.45, 2.75) is 18.0 Å². The highest BCUT2D eigenvalue weighted by molar-refractivity contribution is 7.92. The molecule has 0 spiro atoms. The standard InChI is InChI=1S/C19H14F3N3O2S/c1-2-13-25-17(19(20,21)22)16(14-9-5-3-6-10-14)18(23-25)24-28(26,27)15-11-7-4-8-12-15/h3-12H,1H3,(H,23,24). The largest absolute Gasteiger partial charge is 0.434 e. The summed E-state index contributed by atoms with van der Waals surface area (Å²) < 4.78 is 69.2. The molecule has 0 unspecified atom stereocenters. The molecule has 5 nitrogen and oxygen atoms in total. The first-order valence-electron chi connectivity index (χ1n) is 8.00. The monoisotopic (exact) mass is 405 g/mol. The van der Waals surface area contributed by atoms with Gasteiger partial charge in [-0.2, -0.15) is 17.9 Å². The minimum absolute atomic E-state index is 0.0984. The van der Waals surface area contributed by atoms with Crippen molar-refractivity contribution in [2.75, 3.05) is 4.72 Å². The number of sulfonamides is 1. The van der Waals surface area contributed by atoms with E-state index in [0.29, 0.717) is 4.68 Å². The fourth-order valence-electron chi connectivity index (χ4n) is 2.60. The predicted molar refractivity (Wildman–Crippen MR) is 98.8 cm³/mol. The molecule has 1 N–H and O–H groups in total. The summed E-state index contributed by atoms with van der Waals surface area (Å²) in [5.74, 6) is 1.90. The number of hydrogen-bond donors (Lipinski definition) is 1. The van der Waals surface area contributed by atoms with Gasteiger partial charge in [-0.05, 0) is 24.6 Å². The molecule has 3 rings (SSSR count). The van der Waals surface area contributed by atoms with E-state index in [2.05, 4.69) is 21.8 Å². The zero-order valence-corrected chi connectivity index (χ0v) is 15.3. The molecule has 0 atom stereocenters. The molecular formula is C19H14F3N3O2S. The summed E-state index contributed by atoms with van der Waals surface area (Å²) in [6.07, 6.45) is -4.81. The van der Waals surface area contributed by atoms with Crippen LogP contribution in [0.15, 0.2) is 65.6 Å². The molecule has 2 aromatic carbocycles.